The van der Waals surface area contributed by atoms with Gasteiger partial charge in [0.2, 0.25) is 0 Å². The summed E-state index contributed by atoms with van der Waals surface area (Å²) in [6.45, 7) is 4.76. The van der Waals surface area contributed by atoms with Crippen molar-refractivity contribution in [3.05, 3.63) is 36.4 Å². The molecule has 2 aromatic rings. The largest absolute Gasteiger partial charge is 0.497 e. The number of hydrogen-bond acceptors (Lipinski definition) is 5. The van der Waals surface area contributed by atoms with E-state index >= 15 is 0 Å². The monoisotopic (exact) mass is 346 g/mol. The van der Waals surface area contributed by atoms with E-state index in [2.05, 4.69) is 32.7 Å². The predicted molar refractivity (Wildman–Crippen MR) is 97.3 cm³/mol. The lowest BCUT2D eigenvalue weighted by molar-refractivity contribution is 0.319. The summed E-state index contributed by atoms with van der Waals surface area (Å²) in [6, 6.07) is 7.55. The smallest absolute Gasteiger partial charge is 0.191 e. The van der Waals surface area contributed by atoms with Crippen LogP contribution in [-0.2, 0) is 13.0 Å². The Bertz CT molecular complexity index is 671. The molecule has 0 atom stereocenters. The van der Waals surface area contributed by atoms with Crippen molar-refractivity contribution in [2.75, 3.05) is 33.9 Å². The Kier molecular flexibility index (Phi) is 7.55. The Hall–Kier alpha value is -2.77. The van der Waals surface area contributed by atoms with E-state index in [0.717, 1.165) is 42.8 Å². The van der Waals surface area contributed by atoms with E-state index in [1.54, 1.807) is 20.5 Å². The van der Waals surface area contributed by atoms with Crippen LogP contribution >= 0.6 is 0 Å². The van der Waals surface area contributed by atoms with Crippen LogP contribution in [0.15, 0.2) is 35.6 Å². The number of guanidine groups is 1. The van der Waals surface area contributed by atoms with Gasteiger partial charge in [-0.25, -0.2) is 0 Å². The molecule has 0 saturated carbocycles. The van der Waals surface area contributed by atoms with Crippen LogP contribution in [0.3, 0.4) is 0 Å². The number of aryl methyl sites for hydroxylation is 1. The second-order valence-electron chi connectivity index (χ2n) is 5.25. The standard InChI is InChI=1S/C17H26N6O2/c1-4-16-22-21-13-23(16)10-8-19-17(18-2)20-9-11-25-15-7-5-6-14(12-15)24-3/h5-7,12-13H,4,8-11H2,1-3H3,(H2,18,19,20). The first-order chi connectivity index (χ1) is 12.3. The molecule has 1 aromatic carbocycles. The lowest BCUT2D eigenvalue weighted by Gasteiger charge is -2.13. The first kappa shape index (κ1) is 18.6. The first-order valence-electron chi connectivity index (χ1n) is 8.34. The zero-order valence-corrected chi connectivity index (χ0v) is 15.0. The molecule has 0 saturated heterocycles. The first-order valence-corrected chi connectivity index (χ1v) is 8.34. The zero-order chi connectivity index (χ0) is 17.9. The van der Waals surface area contributed by atoms with Crippen molar-refractivity contribution in [2.24, 2.45) is 4.99 Å². The van der Waals surface area contributed by atoms with Gasteiger partial charge in [-0.15, -0.1) is 10.2 Å². The molecule has 0 fully saturated rings. The predicted octanol–water partition coefficient (Wildman–Crippen LogP) is 1.09. The molecule has 0 amide bonds. The number of ether oxygens (including phenoxy) is 2. The molecule has 0 aliphatic heterocycles. The van der Waals surface area contributed by atoms with Crippen molar-refractivity contribution < 1.29 is 9.47 Å². The third-order valence-electron chi connectivity index (χ3n) is 3.59. The van der Waals surface area contributed by atoms with Crippen LogP contribution in [0.1, 0.15) is 12.7 Å². The highest BCUT2D eigenvalue weighted by molar-refractivity contribution is 5.79. The summed E-state index contributed by atoms with van der Waals surface area (Å²) in [5, 5.41) is 14.5. The fraction of sp³-hybridized carbons (Fsp3) is 0.471. The van der Waals surface area contributed by atoms with E-state index in [0.29, 0.717) is 13.2 Å². The maximum absolute atomic E-state index is 5.69. The van der Waals surface area contributed by atoms with E-state index in [1.165, 1.54) is 0 Å². The van der Waals surface area contributed by atoms with Crippen molar-refractivity contribution in [1.82, 2.24) is 25.4 Å². The second kappa shape index (κ2) is 10.2. The van der Waals surface area contributed by atoms with Crippen molar-refractivity contribution in [1.29, 1.82) is 0 Å². The molecule has 8 nitrogen and oxygen atoms in total. The summed E-state index contributed by atoms with van der Waals surface area (Å²) >= 11 is 0. The number of rotatable bonds is 9. The normalized spacial score (nSPS) is 11.2. The van der Waals surface area contributed by atoms with Crippen LogP contribution in [-0.4, -0.2) is 54.6 Å². The van der Waals surface area contributed by atoms with Gasteiger partial charge in [0.15, 0.2) is 5.96 Å². The van der Waals surface area contributed by atoms with E-state index in [4.69, 9.17) is 9.47 Å². The van der Waals surface area contributed by atoms with Crippen molar-refractivity contribution in [2.45, 2.75) is 19.9 Å². The third-order valence-corrected chi connectivity index (χ3v) is 3.59. The summed E-state index contributed by atoms with van der Waals surface area (Å²) < 4.78 is 12.9. The lowest BCUT2D eigenvalue weighted by atomic mass is 10.3. The zero-order valence-electron chi connectivity index (χ0n) is 15.0. The maximum Gasteiger partial charge on any atom is 0.191 e. The van der Waals surface area contributed by atoms with Crippen molar-refractivity contribution in [3.8, 4) is 11.5 Å². The molecule has 0 aliphatic carbocycles. The Morgan fingerprint density at radius 1 is 1.24 bits per heavy atom. The van der Waals surface area contributed by atoms with Gasteiger partial charge < -0.3 is 24.7 Å². The maximum atomic E-state index is 5.69. The van der Waals surface area contributed by atoms with Crippen LogP contribution in [0.4, 0.5) is 0 Å². The fourth-order valence-electron chi connectivity index (χ4n) is 2.28. The number of aliphatic imine (C=N–C) groups is 1. The SMILES string of the molecule is CCc1nncn1CCNC(=NC)NCCOc1cccc(OC)c1. The number of aromatic nitrogens is 3. The average Bonchev–Trinajstić information content (AvgIpc) is 3.11. The number of benzene rings is 1. The molecule has 25 heavy (non-hydrogen) atoms. The van der Waals surface area contributed by atoms with Gasteiger partial charge >= 0.3 is 0 Å². The second-order valence-corrected chi connectivity index (χ2v) is 5.25. The summed E-state index contributed by atoms with van der Waals surface area (Å²) in [5.74, 6) is 3.28. The Morgan fingerprint density at radius 2 is 2.04 bits per heavy atom. The molecule has 2 rings (SSSR count). The average molecular weight is 346 g/mol. The fourth-order valence-corrected chi connectivity index (χ4v) is 2.28. The molecule has 0 radical (unpaired) electrons. The summed E-state index contributed by atoms with van der Waals surface area (Å²) in [6.07, 6.45) is 2.62. The molecule has 8 heteroatoms. The topological polar surface area (TPSA) is 85.6 Å². The lowest BCUT2D eigenvalue weighted by Crippen LogP contribution is -2.40. The highest BCUT2D eigenvalue weighted by Crippen LogP contribution is 2.18. The number of hydrogen-bond donors (Lipinski definition) is 2. The van der Waals surface area contributed by atoms with Crippen LogP contribution in [0.2, 0.25) is 0 Å². The van der Waals surface area contributed by atoms with Gasteiger partial charge in [-0.3, -0.25) is 4.99 Å². The number of methoxy groups -OCH3 is 1. The summed E-state index contributed by atoms with van der Waals surface area (Å²) in [4.78, 5) is 4.20. The number of nitrogens with zero attached hydrogens (tertiary/aromatic N) is 4. The van der Waals surface area contributed by atoms with Gasteiger partial charge in [-0.05, 0) is 12.1 Å². The van der Waals surface area contributed by atoms with E-state index < -0.39 is 0 Å². The minimum absolute atomic E-state index is 0.527. The highest BCUT2D eigenvalue weighted by atomic mass is 16.5. The van der Waals surface area contributed by atoms with Crippen LogP contribution in [0, 0.1) is 0 Å². The van der Waals surface area contributed by atoms with Crippen LogP contribution in [0.5, 0.6) is 11.5 Å². The molecule has 0 spiro atoms. The molecule has 2 N–H and O–H groups in total. The van der Waals surface area contributed by atoms with E-state index in [-0.39, 0.29) is 0 Å². The van der Waals surface area contributed by atoms with Gasteiger partial charge in [-0.1, -0.05) is 13.0 Å². The minimum Gasteiger partial charge on any atom is -0.497 e. The van der Waals surface area contributed by atoms with Gasteiger partial charge in [0, 0.05) is 32.6 Å². The van der Waals surface area contributed by atoms with E-state index in [9.17, 15) is 0 Å². The molecular weight excluding hydrogens is 320 g/mol. The van der Waals surface area contributed by atoms with Crippen molar-refractivity contribution >= 4 is 5.96 Å². The Morgan fingerprint density at radius 3 is 2.80 bits per heavy atom. The minimum atomic E-state index is 0.527. The Balaban J connectivity index is 1.66. The van der Waals surface area contributed by atoms with Gasteiger partial charge in [0.05, 0.1) is 13.7 Å². The van der Waals surface area contributed by atoms with Crippen LogP contribution in [0.25, 0.3) is 0 Å². The van der Waals surface area contributed by atoms with Gasteiger partial charge in [0.1, 0.15) is 30.3 Å². The number of nitrogens with one attached hydrogen (secondary N) is 2. The Labute approximate surface area is 148 Å². The van der Waals surface area contributed by atoms with E-state index in [1.807, 2.05) is 28.8 Å². The van der Waals surface area contributed by atoms with Gasteiger partial charge in [0.25, 0.3) is 0 Å². The summed E-state index contributed by atoms with van der Waals surface area (Å²) in [5.41, 5.74) is 0. The molecule has 0 aliphatic rings. The molecule has 1 aromatic heterocycles. The quantitative estimate of drug-likeness (QED) is 0.402. The molecule has 1 heterocycles. The van der Waals surface area contributed by atoms with Gasteiger partial charge in [-0.2, -0.15) is 0 Å². The van der Waals surface area contributed by atoms with Crippen LogP contribution < -0.4 is 20.1 Å². The molecule has 136 valence electrons. The molecular formula is C17H26N6O2. The third kappa shape index (κ3) is 5.98. The molecule has 0 unspecified atom stereocenters. The molecule has 0 bridgehead atoms. The summed E-state index contributed by atoms with van der Waals surface area (Å²) in [7, 11) is 3.38. The highest BCUT2D eigenvalue weighted by Gasteiger charge is 2.02. The van der Waals surface area contributed by atoms with Crippen molar-refractivity contribution in [3.63, 3.8) is 0 Å².